The summed E-state index contributed by atoms with van der Waals surface area (Å²) in [6.07, 6.45) is 0.0982. The van der Waals surface area contributed by atoms with Gasteiger partial charge in [-0.1, -0.05) is 37.2 Å². The number of anilines is 1. The Labute approximate surface area is 223 Å². The fourth-order valence-electron chi connectivity index (χ4n) is 4.38. The van der Waals surface area contributed by atoms with Gasteiger partial charge in [0.15, 0.2) is 22.1 Å². The zero-order chi connectivity index (χ0) is 27.8. The van der Waals surface area contributed by atoms with Crippen molar-refractivity contribution in [1.82, 2.24) is 30.3 Å². The number of aliphatic carboxylic acids is 2. The fourth-order valence-corrected chi connectivity index (χ4v) is 5.08. The number of carboxylic acids is 2. The number of nitrogens with zero attached hydrogens (tertiary/aromatic N) is 5. The first-order valence-corrected chi connectivity index (χ1v) is 13.7. The second kappa shape index (κ2) is 13.7. The third kappa shape index (κ3) is 7.29. The van der Waals surface area contributed by atoms with Crippen molar-refractivity contribution in [3.05, 3.63) is 0 Å². The standard InChI is InChI=1S/C23H35N7O7S/c1-3-5-8-24-20-17-21(27-23(26-20)38-9-4-2)30(29-28-17)14-10-12(18(34)19(14)35)6-7-15(31)25-13(22(36)37)11-16(32)33/h12-14,18-19,34-35H,3-11H2,1-2H3,(H,25,31)(H,32,33)(H,36,37)(H,24,26,27)/t12-,13+,14+,18+,19-/m1/s1. The van der Waals surface area contributed by atoms with Crippen LogP contribution < -0.4 is 10.6 Å². The first kappa shape index (κ1) is 29.5. The first-order chi connectivity index (χ1) is 18.2. The Morgan fingerprint density at radius 2 is 1.89 bits per heavy atom. The van der Waals surface area contributed by atoms with E-state index in [-0.39, 0.29) is 19.3 Å². The molecule has 1 amide bonds. The van der Waals surface area contributed by atoms with Gasteiger partial charge in [0.1, 0.15) is 12.1 Å². The zero-order valence-electron chi connectivity index (χ0n) is 21.4. The number of fused-ring (bicyclic) bond motifs is 1. The number of aliphatic hydroxyl groups excluding tert-OH is 2. The van der Waals surface area contributed by atoms with E-state index < -0.39 is 54.5 Å². The normalized spacial score (nSPS) is 21.9. The number of amides is 1. The molecule has 1 saturated carbocycles. The Balaban J connectivity index is 1.75. The van der Waals surface area contributed by atoms with Gasteiger partial charge in [-0.05, 0) is 31.6 Å². The molecule has 1 aliphatic rings. The molecular weight excluding hydrogens is 518 g/mol. The van der Waals surface area contributed by atoms with Crippen LogP contribution in [0.4, 0.5) is 5.82 Å². The van der Waals surface area contributed by atoms with Crippen LogP contribution in [0.15, 0.2) is 5.16 Å². The summed E-state index contributed by atoms with van der Waals surface area (Å²) in [4.78, 5) is 43.5. The number of aliphatic hydroxyl groups is 2. The molecule has 1 aliphatic carbocycles. The highest BCUT2D eigenvalue weighted by molar-refractivity contribution is 7.99. The number of hydrogen-bond acceptors (Lipinski definition) is 11. The van der Waals surface area contributed by atoms with Crippen molar-refractivity contribution in [3.63, 3.8) is 0 Å². The van der Waals surface area contributed by atoms with Crippen molar-refractivity contribution in [2.75, 3.05) is 17.6 Å². The number of carbonyl (C=O) groups is 3. The molecule has 6 N–H and O–H groups in total. The molecule has 0 saturated heterocycles. The lowest BCUT2D eigenvalue weighted by Crippen LogP contribution is -2.42. The number of carboxylic acid groups (broad SMARTS) is 2. The summed E-state index contributed by atoms with van der Waals surface area (Å²) in [5, 5.41) is 54.0. The lowest BCUT2D eigenvalue weighted by Gasteiger charge is -2.17. The molecule has 0 unspecified atom stereocenters. The van der Waals surface area contributed by atoms with E-state index in [9.17, 15) is 24.6 Å². The van der Waals surface area contributed by atoms with E-state index in [1.165, 1.54) is 16.4 Å². The Hall–Kier alpha value is -3.04. The minimum atomic E-state index is -1.55. The third-order valence-corrected chi connectivity index (χ3v) is 7.45. The van der Waals surface area contributed by atoms with Crippen LogP contribution in [0.2, 0.25) is 0 Å². The number of nitrogens with one attached hydrogen (secondary N) is 2. The van der Waals surface area contributed by atoms with E-state index in [1.807, 2.05) is 0 Å². The maximum atomic E-state index is 12.3. The molecule has 0 aliphatic heterocycles. The molecule has 210 valence electrons. The molecule has 3 rings (SSSR count). The minimum Gasteiger partial charge on any atom is -0.481 e. The third-order valence-electron chi connectivity index (χ3n) is 6.40. The lowest BCUT2D eigenvalue weighted by atomic mass is 9.98. The van der Waals surface area contributed by atoms with Crippen molar-refractivity contribution in [1.29, 1.82) is 0 Å². The molecule has 2 aromatic heterocycles. The van der Waals surface area contributed by atoms with E-state index in [1.54, 1.807) is 0 Å². The van der Waals surface area contributed by atoms with Gasteiger partial charge in [-0.3, -0.25) is 9.59 Å². The van der Waals surface area contributed by atoms with Crippen LogP contribution in [0.5, 0.6) is 0 Å². The van der Waals surface area contributed by atoms with E-state index in [0.29, 0.717) is 28.7 Å². The van der Waals surface area contributed by atoms with Crippen LogP contribution in [-0.4, -0.2) is 93.8 Å². The Morgan fingerprint density at radius 3 is 2.55 bits per heavy atom. The number of carbonyl (C=O) groups excluding carboxylic acids is 1. The van der Waals surface area contributed by atoms with Gasteiger partial charge in [-0.15, -0.1) is 5.10 Å². The van der Waals surface area contributed by atoms with Gasteiger partial charge in [0.05, 0.1) is 18.6 Å². The van der Waals surface area contributed by atoms with Crippen LogP contribution in [0, 0.1) is 5.92 Å². The van der Waals surface area contributed by atoms with Gasteiger partial charge >= 0.3 is 11.9 Å². The summed E-state index contributed by atoms with van der Waals surface area (Å²) in [5.74, 6) is -2.55. The van der Waals surface area contributed by atoms with Crippen molar-refractivity contribution in [3.8, 4) is 0 Å². The molecule has 38 heavy (non-hydrogen) atoms. The lowest BCUT2D eigenvalue weighted by molar-refractivity contribution is -0.147. The molecular formula is C23H35N7O7S. The first-order valence-electron chi connectivity index (χ1n) is 12.8. The molecule has 0 radical (unpaired) electrons. The van der Waals surface area contributed by atoms with Gasteiger partial charge in [0.2, 0.25) is 5.91 Å². The van der Waals surface area contributed by atoms with Gasteiger partial charge in [0.25, 0.3) is 0 Å². The Bertz CT molecular complexity index is 1130. The van der Waals surface area contributed by atoms with E-state index in [0.717, 1.165) is 25.0 Å². The van der Waals surface area contributed by atoms with Gasteiger partial charge in [-0.25, -0.2) is 19.4 Å². The van der Waals surface area contributed by atoms with Crippen LogP contribution in [0.25, 0.3) is 11.2 Å². The van der Waals surface area contributed by atoms with E-state index in [4.69, 9.17) is 10.2 Å². The number of aromatic nitrogens is 5. The predicted octanol–water partition coefficient (Wildman–Crippen LogP) is 1.04. The number of rotatable bonds is 15. The van der Waals surface area contributed by atoms with E-state index in [2.05, 4.69) is 44.8 Å². The molecule has 0 bridgehead atoms. The van der Waals surface area contributed by atoms with Crippen LogP contribution in [0.3, 0.4) is 0 Å². The van der Waals surface area contributed by atoms with Gasteiger partial charge in [0, 0.05) is 18.7 Å². The summed E-state index contributed by atoms with van der Waals surface area (Å²) < 4.78 is 1.50. The Kier molecular flexibility index (Phi) is 10.6. The molecule has 15 heteroatoms. The number of unbranched alkanes of at least 4 members (excludes halogenated alkanes) is 1. The highest BCUT2D eigenvalue weighted by Crippen LogP contribution is 2.39. The molecule has 2 heterocycles. The molecule has 14 nitrogen and oxygen atoms in total. The van der Waals surface area contributed by atoms with Gasteiger partial charge in [-0.2, -0.15) is 0 Å². The molecule has 1 fully saturated rings. The maximum absolute atomic E-state index is 12.3. The molecule has 5 atom stereocenters. The average molecular weight is 554 g/mol. The highest BCUT2D eigenvalue weighted by atomic mass is 32.2. The monoisotopic (exact) mass is 553 g/mol. The zero-order valence-corrected chi connectivity index (χ0v) is 22.2. The molecule has 2 aromatic rings. The Morgan fingerprint density at radius 1 is 1.13 bits per heavy atom. The largest absolute Gasteiger partial charge is 0.481 e. The number of hydrogen-bond donors (Lipinski definition) is 6. The summed E-state index contributed by atoms with van der Waals surface area (Å²) in [6.45, 7) is 4.85. The van der Waals surface area contributed by atoms with Gasteiger partial charge < -0.3 is 31.1 Å². The second-order valence-electron chi connectivity index (χ2n) is 9.33. The van der Waals surface area contributed by atoms with Crippen molar-refractivity contribution in [2.45, 2.75) is 88.2 Å². The fraction of sp³-hybridized carbons (Fsp3) is 0.696. The minimum absolute atomic E-state index is 0.145. The van der Waals surface area contributed by atoms with Crippen molar-refractivity contribution >= 4 is 46.6 Å². The van der Waals surface area contributed by atoms with Crippen molar-refractivity contribution < 1.29 is 34.8 Å². The topological polar surface area (TPSA) is 213 Å². The summed E-state index contributed by atoms with van der Waals surface area (Å²) in [5.41, 5.74) is 0.898. The maximum Gasteiger partial charge on any atom is 0.326 e. The molecule has 0 spiro atoms. The smallest absolute Gasteiger partial charge is 0.326 e. The second-order valence-corrected chi connectivity index (χ2v) is 10.4. The van der Waals surface area contributed by atoms with Crippen molar-refractivity contribution in [2.24, 2.45) is 5.92 Å². The predicted molar refractivity (Wildman–Crippen MR) is 138 cm³/mol. The van der Waals surface area contributed by atoms with Crippen LogP contribution >= 0.6 is 11.8 Å². The summed E-state index contributed by atoms with van der Waals surface area (Å²) >= 11 is 1.50. The van der Waals surface area contributed by atoms with Crippen LogP contribution in [0.1, 0.15) is 64.8 Å². The average Bonchev–Trinajstić information content (AvgIpc) is 3.41. The highest BCUT2D eigenvalue weighted by Gasteiger charge is 2.44. The van der Waals surface area contributed by atoms with E-state index >= 15 is 0 Å². The SMILES string of the molecule is CCCCNc1nc(SCCC)nc2c1nnn2[C@H]1C[C@@H](CCC(=O)N[C@@H](CC(=O)O)C(=O)O)[C@H](O)[C@@H]1O. The summed E-state index contributed by atoms with van der Waals surface area (Å²) in [7, 11) is 0. The summed E-state index contributed by atoms with van der Waals surface area (Å²) in [6, 6.07) is -2.20. The number of thioether (sulfide) groups is 1. The quantitative estimate of drug-likeness (QED) is 0.103. The van der Waals surface area contributed by atoms with Crippen LogP contribution in [-0.2, 0) is 14.4 Å². The molecule has 0 aromatic carbocycles.